The second-order valence-electron chi connectivity index (χ2n) is 6.91. The zero-order valence-corrected chi connectivity index (χ0v) is 16.0. The minimum atomic E-state index is -1.80. The van der Waals surface area contributed by atoms with Crippen molar-refractivity contribution in [3.8, 4) is 11.4 Å². The van der Waals surface area contributed by atoms with Gasteiger partial charge in [0.05, 0.1) is 29.0 Å². The smallest absolute Gasteiger partial charge is 0.343 e. The highest BCUT2D eigenvalue weighted by molar-refractivity contribution is 9.10. The zero-order valence-electron chi connectivity index (χ0n) is 14.5. The first-order chi connectivity index (χ1) is 12.9. The fourth-order valence-corrected chi connectivity index (χ4v) is 4.44. The fourth-order valence-electron chi connectivity index (χ4n) is 3.97. The number of para-hydroxylation sites is 1. The molecule has 0 saturated heterocycles. The van der Waals surface area contributed by atoms with Gasteiger partial charge in [-0.2, -0.15) is 0 Å². The highest BCUT2D eigenvalue weighted by Crippen LogP contribution is 2.39. The molecule has 0 fully saturated rings. The third kappa shape index (κ3) is 2.12. The van der Waals surface area contributed by atoms with Crippen molar-refractivity contribution < 1.29 is 14.6 Å². The van der Waals surface area contributed by atoms with Crippen LogP contribution in [-0.2, 0) is 28.3 Å². The van der Waals surface area contributed by atoms with Gasteiger partial charge in [0.1, 0.15) is 6.61 Å². The standard InChI is InChI=1S/C20H15BrN2O4/c1-2-20(26)13-7-15-17-11(6-10-4-3-5-14(21)16(10)22-17)8-23(15)18(24)12(13)9-27-19(20)25/h3-7,26H,2,8-9H2,1H3. The largest absolute Gasteiger partial charge is 0.458 e. The minimum Gasteiger partial charge on any atom is -0.458 e. The molecule has 1 aromatic carbocycles. The highest BCUT2D eigenvalue weighted by atomic mass is 79.9. The molecule has 2 aromatic heterocycles. The van der Waals surface area contributed by atoms with Crippen molar-refractivity contribution in [3.63, 3.8) is 0 Å². The Morgan fingerprint density at radius 2 is 2.15 bits per heavy atom. The SMILES string of the molecule is CCC1(O)C(=O)OCc2c1cc1n(c2=O)Cc2cc3cccc(Br)c3nc2-1. The van der Waals surface area contributed by atoms with Gasteiger partial charge < -0.3 is 14.4 Å². The first-order valence-electron chi connectivity index (χ1n) is 8.69. The van der Waals surface area contributed by atoms with Crippen LogP contribution in [0.1, 0.15) is 30.0 Å². The van der Waals surface area contributed by atoms with Crippen molar-refractivity contribution >= 4 is 32.8 Å². The van der Waals surface area contributed by atoms with Gasteiger partial charge >= 0.3 is 5.97 Å². The van der Waals surface area contributed by atoms with Crippen molar-refractivity contribution in [3.05, 3.63) is 61.8 Å². The summed E-state index contributed by atoms with van der Waals surface area (Å²) in [6.07, 6.45) is 0.130. The van der Waals surface area contributed by atoms with Crippen LogP contribution >= 0.6 is 15.9 Å². The van der Waals surface area contributed by atoms with Crippen LogP contribution in [0.4, 0.5) is 0 Å². The molecule has 3 aromatic rings. The monoisotopic (exact) mass is 426 g/mol. The van der Waals surface area contributed by atoms with E-state index in [1.54, 1.807) is 17.6 Å². The molecule has 2 aliphatic rings. The Morgan fingerprint density at radius 3 is 2.93 bits per heavy atom. The molecule has 2 aliphatic heterocycles. The first-order valence-corrected chi connectivity index (χ1v) is 9.48. The number of hydrogen-bond acceptors (Lipinski definition) is 5. The van der Waals surface area contributed by atoms with E-state index in [-0.39, 0.29) is 18.6 Å². The van der Waals surface area contributed by atoms with E-state index in [4.69, 9.17) is 9.72 Å². The molecule has 0 saturated carbocycles. The summed E-state index contributed by atoms with van der Waals surface area (Å²) < 4.78 is 7.59. The summed E-state index contributed by atoms with van der Waals surface area (Å²) in [6.45, 7) is 1.98. The number of hydrogen-bond donors (Lipinski definition) is 1. The average Bonchev–Trinajstić information content (AvgIpc) is 3.02. The van der Waals surface area contributed by atoms with E-state index in [2.05, 4.69) is 15.9 Å². The van der Waals surface area contributed by atoms with E-state index < -0.39 is 11.6 Å². The molecule has 0 amide bonds. The minimum absolute atomic E-state index is 0.118. The number of fused-ring (bicyclic) bond motifs is 5. The van der Waals surface area contributed by atoms with Gasteiger partial charge in [-0.1, -0.05) is 19.1 Å². The summed E-state index contributed by atoms with van der Waals surface area (Å²) in [5, 5.41) is 11.9. The number of nitrogens with zero attached hydrogens (tertiary/aromatic N) is 2. The average molecular weight is 427 g/mol. The number of benzene rings is 1. The van der Waals surface area contributed by atoms with Crippen LogP contribution in [0.15, 0.2) is 39.6 Å². The lowest BCUT2D eigenvalue weighted by Crippen LogP contribution is -2.44. The molecule has 1 unspecified atom stereocenters. The lowest BCUT2D eigenvalue weighted by molar-refractivity contribution is -0.172. The lowest BCUT2D eigenvalue weighted by Gasteiger charge is -2.31. The summed E-state index contributed by atoms with van der Waals surface area (Å²) >= 11 is 3.52. The Bertz CT molecular complexity index is 1220. The molecule has 4 heterocycles. The highest BCUT2D eigenvalue weighted by Gasteiger charge is 2.45. The number of carbonyl (C=O) groups excluding carboxylic acids is 1. The van der Waals surface area contributed by atoms with Gasteiger partial charge in [-0.15, -0.1) is 0 Å². The van der Waals surface area contributed by atoms with Gasteiger partial charge in [0, 0.05) is 21.0 Å². The van der Waals surface area contributed by atoms with Crippen molar-refractivity contribution in [1.82, 2.24) is 9.55 Å². The molecule has 5 rings (SSSR count). The fraction of sp³-hybridized carbons (Fsp3) is 0.250. The lowest BCUT2D eigenvalue weighted by atomic mass is 9.86. The van der Waals surface area contributed by atoms with Crippen LogP contribution in [0.5, 0.6) is 0 Å². The van der Waals surface area contributed by atoms with Crippen molar-refractivity contribution in [1.29, 1.82) is 0 Å². The molecular formula is C20H15BrN2O4. The maximum absolute atomic E-state index is 13.1. The number of halogens is 1. The number of cyclic esters (lactones) is 1. The number of pyridine rings is 2. The van der Waals surface area contributed by atoms with Crippen molar-refractivity contribution in [2.24, 2.45) is 0 Å². The predicted octanol–water partition coefficient (Wildman–Crippen LogP) is 2.84. The number of carbonyl (C=O) groups is 1. The van der Waals surface area contributed by atoms with Crippen LogP contribution in [0.25, 0.3) is 22.3 Å². The van der Waals surface area contributed by atoms with Crippen LogP contribution in [-0.4, -0.2) is 20.6 Å². The Hall–Kier alpha value is -2.51. The Balaban J connectivity index is 1.82. The van der Waals surface area contributed by atoms with Gasteiger partial charge in [-0.05, 0) is 40.5 Å². The molecule has 0 aliphatic carbocycles. The molecule has 6 nitrogen and oxygen atoms in total. The molecule has 136 valence electrons. The summed E-state index contributed by atoms with van der Waals surface area (Å²) in [5.74, 6) is -0.714. The van der Waals surface area contributed by atoms with E-state index >= 15 is 0 Å². The Kier molecular flexibility index (Phi) is 3.39. The van der Waals surface area contributed by atoms with Crippen LogP contribution < -0.4 is 5.56 Å². The van der Waals surface area contributed by atoms with Gasteiger partial charge in [0.2, 0.25) is 0 Å². The maximum Gasteiger partial charge on any atom is 0.343 e. The summed E-state index contributed by atoms with van der Waals surface area (Å²) in [4.78, 5) is 30.0. The number of rotatable bonds is 1. The quantitative estimate of drug-likeness (QED) is 0.473. The number of aromatic nitrogens is 2. The first kappa shape index (κ1) is 16.6. The van der Waals surface area contributed by atoms with Gasteiger partial charge in [-0.3, -0.25) is 4.79 Å². The molecule has 0 spiro atoms. The third-order valence-electron chi connectivity index (χ3n) is 5.49. The second-order valence-corrected chi connectivity index (χ2v) is 7.77. The van der Waals surface area contributed by atoms with Crippen LogP contribution in [0, 0.1) is 0 Å². The van der Waals surface area contributed by atoms with Gasteiger partial charge in [0.15, 0.2) is 5.60 Å². The zero-order chi connectivity index (χ0) is 18.9. The van der Waals surface area contributed by atoms with E-state index in [0.717, 1.165) is 20.9 Å². The van der Waals surface area contributed by atoms with Gasteiger partial charge in [0.25, 0.3) is 5.56 Å². The maximum atomic E-state index is 13.1. The van der Waals surface area contributed by atoms with Gasteiger partial charge in [-0.25, -0.2) is 9.78 Å². The van der Waals surface area contributed by atoms with Crippen molar-refractivity contribution in [2.45, 2.75) is 32.1 Å². The van der Waals surface area contributed by atoms with E-state index in [1.807, 2.05) is 24.3 Å². The number of aliphatic hydroxyl groups is 1. The summed E-state index contributed by atoms with van der Waals surface area (Å²) in [5.41, 5.74) is 1.68. The van der Waals surface area contributed by atoms with E-state index in [0.29, 0.717) is 29.1 Å². The molecule has 0 bridgehead atoms. The summed E-state index contributed by atoms with van der Waals surface area (Å²) in [7, 11) is 0. The molecule has 1 atom stereocenters. The Morgan fingerprint density at radius 1 is 1.33 bits per heavy atom. The third-order valence-corrected chi connectivity index (χ3v) is 6.13. The molecule has 27 heavy (non-hydrogen) atoms. The van der Waals surface area contributed by atoms with Crippen LogP contribution in [0.2, 0.25) is 0 Å². The molecular weight excluding hydrogens is 412 g/mol. The molecule has 1 N–H and O–H groups in total. The Labute approximate surface area is 162 Å². The van der Waals surface area contributed by atoms with E-state index in [1.165, 1.54) is 0 Å². The molecule has 0 radical (unpaired) electrons. The van der Waals surface area contributed by atoms with Crippen LogP contribution in [0.3, 0.4) is 0 Å². The van der Waals surface area contributed by atoms with Crippen molar-refractivity contribution in [2.75, 3.05) is 0 Å². The molecule has 7 heteroatoms. The topological polar surface area (TPSA) is 81.4 Å². The normalized spacial score (nSPS) is 20.2. The number of ether oxygens (including phenoxy) is 1. The summed E-state index contributed by atoms with van der Waals surface area (Å²) in [6, 6.07) is 9.59. The predicted molar refractivity (Wildman–Crippen MR) is 102 cm³/mol. The second kappa shape index (κ2) is 5.50. The number of esters is 1. The van der Waals surface area contributed by atoms with E-state index in [9.17, 15) is 14.7 Å².